The second-order valence-electron chi connectivity index (χ2n) is 9.00. The summed E-state index contributed by atoms with van der Waals surface area (Å²) in [5, 5.41) is 4.06. The van der Waals surface area contributed by atoms with Crippen molar-refractivity contribution >= 4 is 22.3 Å². The largest absolute Gasteiger partial charge is 0.418 e. The van der Waals surface area contributed by atoms with E-state index >= 15 is 0 Å². The molecule has 4 saturated heterocycles. The Morgan fingerprint density at radius 1 is 1.23 bits per heavy atom. The van der Waals surface area contributed by atoms with Crippen LogP contribution in [0.4, 0.5) is 4.79 Å². The van der Waals surface area contributed by atoms with Crippen molar-refractivity contribution in [3.63, 3.8) is 0 Å². The van der Waals surface area contributed by atoms with Crippen LogP contribution in [0.15, 0.2) is 0 Å². The first-order chi connectivity index (χ1) is 14.7. The number of amides is 3. The number of carbonyl (C=O) groups is 2. The number of carbonyl (C=O) groups excluding carboxylic acids is 2. The van der Waals surface area contributed by atoms with Gasteiger partial charge in [0.1, 0.15) is 6.04 Å². The lowest BCUT2D eigenvalue weighted by Crippen LogP contribution is -2.50. The lowest BCUT2D eigenvalue weighted by molar-refractivity contribution is -0.139. The predicted octanol–water partition coefficient (Wildman–Crippen LogP) is -0.500. The van der Waals surface area contributed by atoms with Gasteiger partial charge < -0.3 is 10.2 Å². The van der Waals surface area contributed by atoms with Gasteiger partial charge in [-0.05, 0) is 51.1 Å². The van der Waals surface area contributed by atoms with E-state index in [4.69, 9.17) is 9.39 Å². The normalized spacial score (nSPS) is 32.6. The van der Waals surface area contributed by atoms with E-state index < -0.39 is 34.4 Å². The first-order valence-electron chi connectivity index (χ1n) is 10.9. The van der Waals surface area contributed by atoms with Gasteiger partial charge in [-0.1, -0.05) is 6.92 Å². The zero-order chi connectivity index (χ0) is 22.2. The fourth-order valence-electron chi connectivity index (χ4n) is 4.98. The third kappa shape index (κ3) is 5.29. The number of hydrogen-bond acceptors (Lipinski definition) is 8. The van der Waals surface area contributed by atoms with Gasteiger partial charge in [-0.15, -0.1) is 4.28 Å². The number of piperidine rings is 2. The minimum absolute atomic E-state index is 0.146. The van der Waals surface area contributed by atoms with Crippen molar-refractivity contribution < 1.29 is 31.7 Å². The fourth-order valence-corrected chi connectivity index (χ4v) is 5.37. The van der Waals surface area contributed by atoms with Gasteiger partial charge in [-0.2, -0.15) is 13.5 Å². The highest BCUT2D eigenvalue weighted by molar-refractivity contribution is 7.80. The average molecular weight is 462 g/mol. The third-order valence-electron chi connectivity index (χ3n) is 6.79. The SMILES string of the molecule is CC1CCN([C@H]2CN[C@H](CONC(=O)[C@@H]3CC[C@@H]4CN3C(=O)N4OS(=O)(=O)O)C2)CC1. The summed E-state index contributed by atoms with van der Waals surface area (Å²) in [6, 6.07) is -1.44. The quantitative estimate of drug-likeness (QED) is 0.338. The topological polar surface area (TPSA) is 141 Å². The molecule has 176 valence electrons. The Hall–Kier alpha value is -1.51. The smallest absolute Gasteiger partial charge is 0.310 e. The molecule has 4 atom stereocenters. The molecule has 4 aliphatic heterocycles. The summed E-state index contributed by atoms with van der Waals surface area (Å²) in [6.45, 7) is 5.93. The highest BCUT2D eigenvalue weighted by Gasteiger charge is 2.49. The van der Waals surface area contributed by atoms with Crippen molar-refractivity contribution in [2.24, 2.45) is 5.92 Å². The Morgan fingerprint density at radius 3 is 2.68 bits per heavy atom. The van der Waals surface area contributed by atoms with Crippen molar-refractivity contribution in [1.82, 2.24) is 25.7 Å². The molecule has 0 radical (unpaired) electrons. The van der Waals surface area contributed by atoms with Gasteiger partial charge in [0.05, 0.1) is 12.6 Å². The number of nitrogens with one attached hydrogen (secondary N) is 2. The molecule has 31 heavy (non-hydrogen) atoms. The molecule has 2 bridgehead atoms. The van der Waals surface area contributed by atoms with Crippen LogP contribution in [-0.4, -0.2) is 96.7 Å². The molecule has 4 aliphatic rings. The minimum Gasteiger partial charge on any atom is -0.310 e. The van der Waals surface area contributed by atoms with Gasteiger partial charge in [0.25, 0.3) is 5.91 Å². The van der Waals surface area contributed by atoms with E-state index in [9.17, 15) is 18.0 Å². The summed E-state index contributed by atoms with van der Waals surface area (Å²) in [4.78, 5) is 34.1. The molecule has 3 N–H and O–H groups in total. The first kappa shape index (κ1) is 22.7. The highest BCUT2D eigenvalue weighted by Crippen LogP contribution is 2.30. The van der Waals surface area contributed by atoms with Crippen molar-refractivity contribution in [2.45, 2.75) is 63.2 Å². The number of nitrogens with zero attached hydrogens (tertiary/aromatic N) is 3. The highest BCUT2D eigenvalue weighted by atomic mass is 32.3. The van der Waals surface area contributed by atoms with E-state index in [-0.39, 0.29) is 12.6 Å². The molecule has 13 heteroatoms. The molecule has 4 heterocycles. The van der Waals surface area contributed by atoms with Crippen molar-refractivity contribution in [1.29, 1.82) is 0 Å². The minimum atomic E-state index is -4.81. The van der Waals surface area contributed by atoms with E-state index in [1.807, 2.05) is 0 Å². The van der Waals surface area contributed by atoms with E-state index in [0.29, 0.717) is 30.6 Å². The van der Waals surface area contributed by atoms with Crippen molar-refractivity contribution in [2.75, 3.05) is 32.8 Å². The Balaban J connectivity index is 1.21. The van der Waals surface area contributed by atoms with Gasteiger partial charge in [0.2, 0.25) is 0 Å². The first-order valence-corrected chi connectivity index (χ1v) is 12.2. The molecule has 3 amide bonds. The van der Waals surface area contributed by atoms with Gasteiger partial charge >= 0.3 is 16.4 Å². The zero-order valence-electron chi connectivity index (χ0n) is 17.6. The Bertz CT molecular complexity index is 788. The van der Waals surface area contributed by atoms with Crippen LogP contribution in [0.1, 0.15) is 39.0 Å². The third-order valence-corrected chi connectivity index (χ3v) is 7.14. The zero-order valence-corrected chi connectivity index (χ0v) is 18.4. The molecule has 0 aromatic rings. The maximum Gasteiger partial charge on any atom is 0.418 e. The lowest BCUT2D eigenvalue weighted by atomic mass is 9.97. The summed E-state index contributed by atoms with van der Waals surface area (Å²) in [5.74, 6) is 0.337. The Kier molecular flexibility index (Phi) is 6.70. The second kappa shape index (κ2) is 9.16. The molecular formula is C18H31N5O7S. The summed E-state index contributed by atoms with van der Waals surface area (Å²) in [6.07, 6.45) is 4.14. The predicted molar refractivity (Wildman–Crippen MR) is 108 cm³/mol. The van der Waals surface area contributed by atoms with Gasteiger partial charge in [0, 0.05) is 25.2 Å². The molecule has 0 aromatic carbocycles. The van der Waals surface area contributed by atoms with Crippen LogP contribution >= 0.6 is 0 Å². The van der Waals surface area contributed by atoms with Crippen molar-refractivity contribution in [3.05, 3.63) is 0 Å². The monoisotopic (exact) mass is 461 g/mol. The van der Waals surface area contributed by atoms with Crippen molar-refractivity contribution in [3.8, 4) is 0 Å². The Labute approximate surface area is 182 Å². The van der Waals surface area contributed by atoms with Crippen LogP contribution in [0.25, 0.3) is 0 Å². The fraction of sp³-hybridized carbons (Fsp3) is 0.889. The van der Waals surface area contributed by atoms with Crippen LogP contribution < -0.4 is 10.8 Å². The maximum absolute atomic E-state index is 12.6. The number of hydrogen-bond donors (Lipinski definition) is 3. The maximum atomic E-state index is 12.6. The summed E-state index contributed by atoms with van der Waals surface area (Å²) in [5.41, 5.74) is 2.43. The molecule has 0 aromatic heterocycles. The number of urea groups is 1. The molecule has 0 spiro atoms. The van der Waals surface area contributed by atoms with Crippen LogP contribution in [-0.2, 0) is 24.3 Å². The number of rotatable bonds is 7. The van der Waals surface area contributed by atoms with Crippen LogP contribution in [0, 0.1) is 5.92 Å². The summed E-state index contributed by atoms with van der Waals surface area (Å²) in [7, 11) is -4.81. The number of hydroxylamine groups is 3. The van der Waals surface area contributed by atoms with E-state index in [1.165, 1.54) is 17.7 Å². The molecular weight excluding hydrogens is 430 g/mol. The molecule has 4 fully saturated rings. The van der Waals surface area contributed by atoms with Crippen LogP contribution in [0.2, 0.25) is 0 Å². The average Bonchev–Trinajstić information content (AvgIpc) is 3.27. The van der Waals surface area contributed by atoms with E-state index in [0.717, 1.165) is 32.0 Å². The molecule has 0 aliphatic carbocycles. The number of fused-ring (bicyclic) bond motifs is 2. The van der Waals surface area contributed by atoms with Gasteiger partial charge in [-0.25, -0.2) is 10.3 Å². The lowest BCUT2D eigenvalue weighted by Gasteiger charge is -2.34. The van der Waals surface area contributed by atoms with Gasteiger partial charge in [0.15, 0.2) is 0 Å². The second-order valence-corrected chi connectivity index (χ2v) is 10.0. The molecule has 0 unspecified atom stereocenters. The molecule has 12 nitrogen and oxygen atoms in total. The summed E-state index contributed by atoms with van der Waals surface area (Å²) >= 11 is 0. The Morgan fingerprint density at radius 2 is 1.97 bits per heavy atom. The molecule has 4 rings (SSSR count). The molecule has 0 saturated carbocycles. The van der Waals surface area contributed by atoms with Crippen LogP contribution in [0.3, 0.4) is 0 Å². The standard InChI is InChI=1S/C18H31N5O7S/c1-12-4-6-21(7-5-12)15-8-13(19-9-15)11-29-20-17(24)16-3-2-14-10-22(16)18(25)23(14)30-31(26,27)28/h12-16,19H,2-11H2,1H3,(H,20,24)(H,26,27,28)/t13-,14+,15+,16-/m0/s1. The van der Waals surface area contributed by atoms with E-state index in [2.05, 4.69) is 26.9 Å². The van der Waals surface area contributed by atoms with Gasteiger partial charge in [-0.3, -0.25) is 19.1 Å². The van der Waals surface area contributed by atoms with Crippen LogP contribution in [0.5, 0.6) is 0 Å². The number of likely N-dealkylation sites (tertiary alicyclic amines) is 1. The van der Waals surface area contributed by atoms with E-state index in [1.54, 1.807) is 0 Å². The summed E-state index contributed by atoms with van der Waals surface area (Å²) < 4.78 is 35.1.